The zero-order valence-corrected chi connectivity index (χ0v) is 10.0. The lowest BCUT2D eigenvalue weighted by Gasteiger charge is -2.25. The summed E-state index contributed by atoms with van der Waals surface area (Å²) >= 11 is 0. The molecule has 16 heavy (non-hydrogen) atoms. The highest BCUT2D eigenvalue weighted by molar-refractivity contribution is 5.85. The molecule has 0 aromatic rings. The van der Waals surface area contributed by atoms with Gasteiger partial charge in [0.25, 0.3) is 0 Å². The van der Waals surface area contributed by atoms with Crippen LogP contribution in [0.2, 0.25) is 0 Å². The molecule has 6 nitrogen and oxygen atoms in total. The lowest BCUT2D eigenvalue weighted by molar-refractivity contribution is -0.225. The number of aliphatic hydroxyl groups is 2. The largest absolute Gasteiger partial charge is 0.389 e. The number of aliphatic hydroxyl groups excluding tert-OH is 2. The van der Waals surface area contributed by atoms with E-state index in [0.717, 1.165) is 0 Å². The Morgan fingerprint density at radius 1 is 1.38 bits per heavy atom. The number of hydrogen-bond acceptors (Lipinski definition) is 6. The van der Waals surface area contributed by atoms with Gasteiger partial charge in [-0.15, -0.1) is 12.4 Å². The van der Waals surface area contributed by atoms with Gasteiger partial charge in [-0.1, -0.05) is 0 Å². The maximum atomic E-state index is 9.85. The predicted molar refractivity (Wildman–Crippen MR) is 57.0 cm³/mol. The molecule has 2 aliphatic heterocycles. The van der Waals surface area contributed by atoms with Crippen molar-refractivity contribution in [1.29, 1.82) is 0 Å². The van der Waals surface area contributed by atoms with Crippen LogP contribution in [0.15, 0.2) is 0 Å². The van der Waals surface area contributed by atoms with Gasteiger partial charge in [-0.3, -0.25) is 0 Å². The van der Waals surface area contributed by atoms with Gasteiger partial charge in [0.2, 0.25) is 0 Å². The number of halogens is 1. The second-order valence-electron chi connectivity index (χ2n) is 4.36. The molecular formula is C9H18ClNO5. The first-order chi connectivity index (χ1) is 6.94. The Labute approximate surface area is 100 Å². The van der Waals surface area contributed by atoms with E-state index in [4.69, 9.17) is 19.9 Å². The molecule has 0 saturated carbocycles. The van der Waals surface area contributed by atoms with Gasteiger partial charge in [0.15, 0.2) is 12.1 Å². The number of ether oxygens (including phenoxy) is 3. The maximum Gasteiger partial charge on any atom is 0.190 e. The standard InChI is InChI=1S/C9H17NO5.ClH/c1-9(2)14-7-5(12)6(4(11)3-10)13-8(7)15-9;/h4-8,11-12H,3,10H2,1-2H3;1H/t4?,5-,6+,7+,8+;/m0./s1. The first-order valence-corrected chi connectivity index (χ1v) is 5.02. The lowest BCUT2D eigenvalue weighted by Crippen LogP contribution is -2.43. The fourth-order valence-corrected chi connectivity index (χ4v) is 1.97. The monoisotopic (exact) mass is 255 g/mol. The minimum atomic E-state index is -0.907. The Balaban J connectivity index is 0.00000128. The Kier molecular flexibility index (Phi) is 4.18. The smallest absolute Gasteiger partial charge is 0.190 e. The summed E-state index contributed by atoms with van der Waals surface area (Å²) in [4.78, 5) is 0. The number of rotatable bonds is 2. The Hall–Kier alpha value is 0.0500. The highest BCUT2D eigenvalue weighted by Crippen LogP contribution is 2.37. The summed E-state index contributed by atoms with van der Waals surface area (Å²) in [7, 11) is 0. The number of nitrogens with two attached hydrogens (primary N) is 1. The second kappa shape index (κ2) is 4.73. The van der Waals surface area contributed by atoms with Crippen molar-refractivity contribution in [2.75, 3.05) is 6.54 Å². The highest BCUT2D eigenvalue weighted by Gasteiger charge is 2.55. The van der Waals surface area contributed by atoms with E-state index in [0.29, 0.717) is 0 Å². The third-order valence-corrected chi connectivity index (χ3v) is 2.67. The summed E-state index contributed by atoms with van der Waals surface area (Å²) < 4.78 is 16.2. The third kappa shape index (κ3) is 2.33. The molecular weight excluding hydrogens is 238 g/mol. The first kappa shape index (κ1) is 14.1. The molecule has 2 heterocycles. The highest BCUT2D eigenvalue weighted by atomic mass is 35.5. The Bertz CT molecular complexity index is 252. The van der Waals surface area contributed by atoms with Crippen LogP contribution in [0.1, 0.15) is 13.8 Å². The van der Waals surface area contributed by atoms with Gasteiger partial charge in [0.05, 0.1) is 6.10 Å². The fourth-order valence-electron chi connectivity index (χ4n) is 1.97. The van der Waals surface area contributed by atoms with Crippen LogP contribution in [-0.4, -0.2) is 53.3 Å². The molecule has 0 aromatic heterocycles. The zero-order valence-electron chi connectivity index (χ0n) is 9.20. The maximum absolute atomic E-state index is 9.85. The van der Waals surface area contributed by atoms with Crippen molar-refractivity contribution in [2.45, 2.75) is 50.3 Å². The van der Waals surface area contributed by atoms with E-state index in [1.807, 2.05) is 0 Å². The topological polar surface area (TPSA) is 94.2 Å². The number of fused-ring (bicyclic) bond motifs is 1. The molecule has 7 heteroatoms. The van der Waals surface area contributed by atoms with Gasteiger partial charge >= 0.3 is 0 Å². The van der Waals surface area contributed by atoms with Gasteiger partial charge in [-0.05, 0) is 13.8 Å². The molecule has 0 spiro atoms. The summed E-state index contributed by atoms with van der Waals surface area (Å²) in [6, 6.07) is 0. The normalized spacial score (nSPS) is 42.6. The second-order valence-corrected chi connectivity index (χ2v) is 4.36. The quantitative estimate of drug-likeness (QED) is 0.584. The average molecular weight is 256 g/mol. The number of hydrogen-bond donors (Lipinski definition) is 3. The van der Waals surface area contributed by atoms with E-state index in [1.165, 1.54) is 0 Å². The molecule has 1 unspecified atom stereocenters. The minimum Gasteiger partial charge on any atom is -0.389 e. The molecule has 2 rings (SSSR count). The minimum absolute atomic E-state index is 0. The van der Waals surface area contributed by atoms with Crippen molar-refractivity contribution in [2.24, 2.45) is 5.73 Å². The van der Waals surface area contributed by atoms with Crippen molar-refractivity contribution in [3.63, 3.8) is 0 Å². The van der Waals surface area contributed by atoms with Crippen molar-refractivity contribution in [3.05, 3.63) is 0 Å². The Morgan fingerprint density at radius 3 is 2.50 bits per heavy atom. The molecule has 96 valence electrons. The summed E-state index contributed by atoms with van der Waals surface area (Å²) in [5.41, 5.74) is 5.29. The molecule has 2 saturated heterocycles. The summed E-state index contributed by atoms with van der Waals surface area (Å²) in [5.74, 6) is -0.755. The molecule has 0 bridgehead atoms. The zero-order chi connectivity index (χ0) is 11.2. The van der Waals surface area contributed by atoms with Crippen LogP contribution >= 0.6 is 12.4 Å². The van der Waals surface area contributed by atoms with E-state index in [-0.39, 0.29) is 19.0 Å². The Morgan fingerprint density at radius 2 is 2.00 bits per heavy atom. The van der Waals surface area contributed by atoms with E-state index in [2.05, 4.69) is 0 Å². The van der Waals surface area contributed by atoms with Crippen LogP contribution in [0.3, 0.4) is 0 Å². The average Bonchev–Trinajstić information content (AvgIpc) is 2.60. The molecule has 4 N–H and O–H groups in total. The predicted octanol–water partition coefficient (Wildman–Crippen LogP) is -1.03. The molecule has 2 fully saturated rings. The summed E-state index contributed by atoms with van der Waals surface area (Å²) in [6.07, 6.45) is -3.72. The summed E-state index contributed by atoms with van der Waals surface area (Å²) in [6.45, 7) is 3.52. The molecule has 2 aliphatic rings. The van der Waals surface area contributed by atoms with Crippen LogP contribution in [0.5, 0.6) is 0 Å². The van der Waals surface area contributed by atoms with Crippen molar-refractivity contribution in [3.8, 4) is 0 Å². The van der Waals surface area contributed by atoms with E-state index < -0.39 is 36.5 Å². The first-order valence-electron chi connectivity index (χ1n) is 5.02. The fraction of sp³-hybridized carbons (Fsp3) is 1.00. The van der Waals surface area contributed by atoms with Gasteiger partial charge < -0.3 is 30.2 Å². The van der Waals surface area contributed by atoms with E-state index in [1.54, 1.807) is 13.8 Å². The van der Waals surface area contributed by atoms with Gasteiger partial charge in [0.1, 0.15) is 18.3 Å². The van der Waals surface area contributed by atoms with Crippen LogP contribution in [0.4, 0.5) is 0 Å². The van der Waals surface area contributed by atoms with Crippen molar-refractivity contribution < 1.29 is 24.4 Å². The van der Waals surface area contributed by atoms with Crippen molar-refractivity contribution >= 4 is 12.4 Å². The SMILES string of the molecule is CC1(C)O[C@H]2O[C@H](C(O)CN)[C@H](O)[C@H]2O1.Cl. The third-order valence-electron chi connectivity index (χ3n) is 2.67. The van der Waals surface area contributed by atoms with E-state index >= 15 is 0 Å². The van der Waals surface area contributed by atoms with Crippen molar-refractivity contribution in [1.82, 2.24) is 0 Å². The molecule has 0 amide bonds. The van der Waals surface area contributed by atoms with Crippen LogP contribution in [-0.2, 0) is 14.2 Å². The molecule has 0 radical (unpaired) electrons. The van der Waals surface area contributed by atoms with Gasteiger partial charge in [-0.25, -0.2) is 0 Å². The van der Waals surface area contributed by atoms with Crippen LogP contribution < -0.4 is 5.73 Å². The molecule has 0 aliphatic carbocycles. The van der Waals surface area contributed by atoms with Gasteiger partial charge in [-0.2, -0.15) is 0 Å². The lowest BCUT2D eigenvalue weighted by atomic mass is 10.1. The summed E-state index contributed by atoms with van der Waals surface area (Å²) in [5, 5.41) is 19.3. The van der Waals surface area contributed by atoms with Crippen LogP contribution in [0, 0.1) is 0 Å². The van der Waals surface area contributed by atoms with E-state index in [9.17, 15) is 10.2 Å². The molecule has 5 atom stereocenters. The van der Waals surface area contributed by atoms with Gasteiger partial charge in [0, 0.05) is 6.54 Å². The molecule has 0 aromatic carbocycles. The van der Waals surface area contributed by atoms with Crippen LogP contribution in [0.25, 0.3) is 0 Å².